The maximum Gasteiger partial charge on any atom is 0.227 e. The number of rotatable bonds is 5. The van der Waals surface area contributed by atoms with Crippen LogP contribution in [-0.4, -0.2) is 19.0 Å². The zero-order valence-electron chi connectivity index (χ0n) is 10.4. The Bertz CT molecular complexity index is 424. The predicted molar refractivity (Wildman–Crippen MR) is 76.2 cm³/mol. The molecule has 1 aromatic rings. The van der Waals surface area contributed by atoms with E-state index < -0.39 is 0 Å². The maximum atomic E-state index is 12.0. The Hall–Kier alpha value is -0.870. The second kappa shape index (κ2) is 5.85. The molecule has 1 aromatic carbocycles. The molecule has 18 heavy (non-hydrogen) atoms. The number of carbonyl (C=O) groups is 1. The van der Waals surface area contributed by atoms with E-state index in [9.17, 15) is 4.79 Å². The summed E-state index contributed by atoms with van der Waals surface area (Å²) in [6, 6.07) is 8.15. The lowest BCUT2D eigenvalue weighted by atomic mass is 9.68. The zero-order valence-corrected chi connectivity index (χ0v) is 12.0. The lowest BCUT2D eigenvalue weighted by Crippen LogP contribution is -2.50. The fourth-order valence-corrected chi connectivity index (χ4v) is 2.77. The van der Waals surface area contributed by atoms with Crippen LogP contribution in [-0.2, 0) is 11.2 Å². The molecule has 3 nitrogen and oxygen atoms in total. The van der Waals surface area contributed by atoms with Crippen LogP contribution < -0.4 is 11.1 Å². The molecule has 98 valence electrons. The molecule has 4 heteroatoms. The van der Waals surface area contributed by atoms with Gasteiger partial charge in [-0.1, -0.05) is 34.5 Å². The van der Waals surface area contributed by atoms with Crippen LogP contribution in [0.25, 0.3) is 0 Å². The van der Waals surface area contributed by atoms with Crippen molar-refractivity contribution >= 4 is 21.8 Å². The number of nitrogens with two attached hydrogens (primary N) is 1. The van der Waals surface area contributed by atoms with Gasteiger partial charge in [-0.25, -0.2) is 0 Å². The minimum atomic E-state index is -0.267. The van der Waals surface area contributed by atoms with Crippen LogP contribution in [0.4, 0.5) is 0 Å². The molecule has 1 aliphatic carbocycles. The molecule has 0 heterocycles. The first-order valence-corrected chi connectivity index (χ1v) is 7.18. The zero-order chi connectivity index (χ0) is 13.0. The van der Waals surface area contributed by atoms with Gasteiger partial charge in [0.1, 0.15) is 0 Å². The summed E-state index contributed by atoms with van der Waals surface area (Å²) in [5.41, 5.74) is 6.66. The van der Waals surface area contributed by atoms with Crippen LogP contribution in [0, 0.1) is 5.41 Å². The van der Waals surface area contributed by atoms with Gasteiger partial charge in [-0.15, -0.1) is 0 Å². The highest BCUT2D eigenvalue weighted by Gasteiger charge is 2.42. The lowest BCUT2D eigenvalue weighted by Gasteiger charge is -2.39. The fourth-order valence-electron chi connectivity index (χ4n) is 2.33. The molecule has 1 amide bonds. The molecule has 1 fully saturated rings. The lowest BCUT2D eigenvalue weighted by molar-refractivity contribution is -0.135. The quantitative estimate of drug-likeness (QED) is 0.876. The summed E-state index contributed by atoms with van der Waals surface area (Å²) in [4.78, 5) is 12.0. The van der Waals surface area contributed by atoms with Crippen molar-refractivity contribution in [2.24, 2.45) is 11.1 Å². The molecule has 0 aromatic heterocycles. The van der Waals surface area contributed by atoms with Crippen LogP contribution in [0.15, 0.2) is 28.7 Å². The Kier molecular flexibility index (Phi) is 4.40. The van der Waals surface area contributed by atoms with Gasteiger partial charge in [-0.05, 0) is 37.0 Å². The highest BCUT2D eigenvalue weighted by Crippen LogP contribution is 2.39. The standard InChI is InChI=1S/C14H19BrN2O/c15-12-4-1-3-11(9-12)5-8-17-13(18)14(10-16)6-2-7-14/h1,3-4,9H,2,5-8,10,16H2,(H,17,18). The van der Waals surface area contributed by atoms with Gasteiger partial charge in [0.05, 0.1) is 5.41 Å². The molecular formula is C14H19BrN2O. The summed E-state index contributed by atoms with van der Waals surface area (Å²) in [5.74, 6) is 0.131. The van der Waals surface area contributed by atoms with E-state index in [1.54, 1.807) is 0 Å². The Morgan fingerprint density at radius 3 is 2.78 bits per heavy atom. The summed E-state index contributed by atoms with van der Waals surface area (Å²) in [5, 5.41) is 3.01. The third-order valence-corrected chi connectivity index (χ3v) is 4.26. The van der Waals surface area contributed by atoms with Gasteiger partial charge < -0.3 is 11.1 Å². The van der Waals surface area contributed by atoms with E-state index >= 15 is 0 Å². The Balaban J connectivity index is 1.80. The van der Waals surface area contributed by atoms with Crippen molar-refractivity contribution in [3.8, 4) is 0 Å². The predicted octanol–water partition coefficient (Wildman–Crippen LogP) is 2.24. The van der Waals surface area contributed by atoms with E-state index in [-0.39, 0.29) is 11.3 Å². The smallest absolute Gasteiger partial charge is 0.227 e. The van der Waals surface area contributed by atoms with Gasteiger partial charge >= 0.3 is 0 Å². The van der Waals surface area contributed by atoms with Crippen molar-refractivity contribution in [3.63, 3.8) is 0 Å². The molecule has 0 aliphatic heterocycles. The molecule has 0 atom stereocenters. The molecule has 0 spiro atoms. The molecule has 0 saturated heterocycles. The van der Waals surface area contributed by atoms with Gasteiger partial charge in [0.15, 0.2) is 0 Å². The Morgan fingerprint density at radius 1 is 1.44 bits per heavy atom. The molecule has 0 bridgehead atoms. The van der Waals surface area contributed by atoms with Crippen molar-refractivity contribution in [1.29, 1.82) is 0 Å². The van der Waals surface area contributed by atoms with Crippen molar-refractivity contribution in [2.45, 2.75) is 25.7 Å². The minimum absolute atomic E-state index is 0.131. The number of hydrogen-bond acceptors (Lipinski definition) is 2. The molecule has 1 aliphatic rings. The first-order chi connectivity index (χ1) is 8.66. The van der Waals surface area contributed by atoms with Crippen LogP contribution in [0.2, 0.25) is 0 Å². The van der Waals surface area contributed by atoms with E-state index in [2.05, 4.69) is 33.4 Å². The summed E-state index contributed by atoms with van der Waals surface area (Å²) in [6.45, 7) is 1.15. The highest BCUT2D eigenvalue weighted by atomic mass is 79.9. The molecule has 2 rings (SSSR count). The average molecular weight is 311 g/mol. The SMILES string of the molecule is NCC1(C(=O)NCCc2cccc(Br)c2)CCC1. The van der Waals surface area contributed by atoms with Gasteiger partial charge in [0, 0.05) is 17.6 Å². The van der Waals surface area contributed by atoms with E-state index in [1.165, 1.54) is 5.56 Å². The summed E-state index contributed by atoms with van der Waals surface area (Å²) < 4.78 is 1.07. The van der Waals surface area contributed by atoms with Crippen LogP contribution in [0.1, 0.15) is 24.8 Å². The van der Waals surface area contributed by atoms with Crippen LogP contribution in [0.3, 0.4) is 0 Å². The van der Waals surface area contributed by atoms with Crippen molar-refractivity contribution in [3.05, 3.63) is 34.3 Å². The second-order valence-corrected chi connectivity index (χ2v) is 5.89. The van der Waals surface area contributed by atoms with Crippen molar-refractivity contribution in [2.75, 3.05) is 13.1 Å². The molecule has 3 N–H and O–H groups in total. The number of nitrogens with one attached hydrogen (secondary N) is 1. The second-order valence-electron chi connectivity index (χ2n) is 4.97. The largest absolute Gasteiger partial charge is 0.355 e. The summed E-state index contributed by atoms with van der Waals surface area (Å²) in [7, 11) is 0. The normalized spacial score (nSPS) is 17.0. The van der Waals surface area contributed by atoms with Gasteiger partial charge in [-0.2, -0.15) is 0 Å². The number of benzene rings is 1. The number of carbonyl (C=O) groups excluding carboxylic acids is 1. The molecule has 0 radical (unpaired) electrons. The average Bonchev–Trinajstić information content (AvgIpc) is 2.28. The molecule has 0 unspecified atom stereocenters. The number of hydrogen-bond donors (Lipinski definition) is 2. The Labute approximate surface area is 116 Å². The van der Waals surface area contributed by atoms with Crippen molar-refractivity contribution < 1.29 is 4.79 Å². The highest BCUT2D eigenvalue weighted by molar-refractivity contribution is 9.10. The maximum absolute atomic E-state index is 12.0. The third kappa shape index (κ3) is 2.93. The monoisotopic (exact) mass is 310 g/mol. The van der Waals surface area contributed by atoms with E-state index in [4.69, 9.17) is 5.73 Å². The number of amides is 1. The van der Waals surface area contributed by atoms with E-state index in [0.717, 1.165) is 30.2 Å². The van der Waals surface area contributed by atoms with Crippen LogP contribution in [0.5, 0.6) is 0 Å². The molecular weight excluding hydrogens is 292 g/mol. The summed E-state index contributed by atoms with van der Waals surface area (Å²) in [6.07, 6.45) is 3.85. The van der Waals surface area contributed by atoms with E-state index in [0.29, 0.717) is 13.1 Å². The van der Waals surface area contributed by atoms with Gasteiger partial charge in [0.25, 0.3) is 0 Å². The Morgan fingerprint density at radius 2 is 2.22 bits per heavy atom. The first-order valence-electron chi connectivity index (χ1n) is 6.39. The summed E-state index contributed by atoms with van der Waals surface area (Å²) >= 11 is 3.44. The van der Waals surface area contributed by atoms with Gasteiger partial charge in [0.2, 0.25) is 5.91 Å². The topological polar surface area (TPSA) is 55.1 Å². The minimum Gasteiger partial charge on any atom is -0.355 e. The molecule has 1 saturated carbocycles. The van der Waals surface area contributed by atoms with Gasteiger partial charge in [-0.3, -0.25) is 4.79 Å². The first kappa shape index (κ1) is 13.6. The van der Waals surface area contributed by atoms with Crippen LogP contribution >= 0.6 is 15.9 Å². The fraction of sp³-hybridized carbons (Fsp3) is 0.500. The number of halogens is 1. The third-order valence-electron chi connectivity index (χ3n) is 3.77. The van der Waals surface area contributed by atoms with E-state index in [1.807, 2.05) is 12.1 Å². The van der Waals surface area contributed by atoms with Crippen molar-refractivity contribution in [1.82, 2.24) is 5.32 Å².